The fourth-order valence-corrected chi connectivity index (χ4v) is 4.63. The van der Waals surface area contributed by atoms with Gasteiger partial charge in [0.05, 0.1) is 32.4 Å². The molecule has 0 bridgehead atoms. The lowest BCUT2D eigenvalue weighted by molar-refractivity contribution is -0.127. The van der Waals surface area contributed by atoms with Crippen molar-refractivity contribution in [3.8, 4) is 11.5 Å². The number of carbonyl (C=O) groups excluding carboxylic acids is 3. The fourth-order valence-electron chi connectivity index (χ4n) is 2.86. The quantitative estimate of drug-likeness (QED) is 0.345. The molecule has 32 heavy (non-hydrogen) atoms. The molecule has 3 amide bonds. The molecule has 1 saturated heterocycles. The summed E-state index contributed by atoms with van der Waals surface area (Å²) >= 11 is 8.95. The highest BCUT2D eigenvalue weighted by atomic mass is 127. The zero-order valence-corrected chi connectivity index (χ0v) is 21.2. The van der Waals surface area contributed by atoms with E-state index in [2.05, 4.69) is 27.9 Å². The average molecular weight is 587 g/mol. The minimum absolute atomic E-state index is 0.0309. The molecule has 0 radical (unpaired) electrons. The molecule has 0 aromatic heterocycles. The monoisotopic (exact) mass is 586 g/mol. The summed E-state index contributed by atoms with van der Waals surface area (Å²) in [6.07, 6.45) is 1.57. The number of benzene rings is 2. The van der Waals surface area contributed by atoms with Gasteiger partial charge in [-0.2, -0.15) is 0 Å². The fraction of sp³-hybridized carbons (Fsp3) is 0.227. The standard InChI is InChI=1S/C22H20ClIN2O5S/c1-12(2)31-20-15(24)8-13(9-17(20)30-3)10-18-21(28)26(22(29)32-18)11-19(27)25-16-7-5-4-6-14(16)23/h4-10,12H,11H2,1-3H3,(H,25,27)/b18-10+. The molecule has 1 N–H and O–H groups in total. The summed E-state index contributed by atoms with van der Waals surface area (Å²) in [7, 11) is 1.54. The van der Waals surface area contributed by atoms with Gasteiger partial charge in [0.1, 0.15) is 6.54 Å². The zero-order chi connectivity index (χ0) is 23.4. The van der Waals surface area contributed by atoms with Crippen molar-refractivity contribution in [2.24, 2.45) is 0 Å². The van der Waals surface area contributed by atoms with Crippen molar-refractivity contribution in [2.75, 3.05) is 19.0 Å². The Morgan fingerprint density at radius 1 is 1.28 bits per heavy atom. The minimum Gasteiger partial charge on any atom is -0.493 e. The largest absolute Gasteiger partial charge is 0.493 e. The van der Waals surface area contributed by atoms with Crippen LogP contribution in [0.5, 0.6) is 11.5 Å². The number of anilines is 1. The van der Waals surface area contributed by atoms with Crippen molar-refractivity contribution in [3.63, 3.8) is 0 Å². The molecule has 0 spiro atoms. The third kappa shape index (κ3) is 5.76. The Hall–Kier alpha value is -2.24. The Kier molecular flexibility index (Phi) is 8.07. The third-order valence-electron chi connectivity index (χ3n) is 4.23. The number of rotatable bonds is 7. The molecule has 0 aliphatic carbocycles. The van der Waals surface area contributed by atoms with E-state index in [0.717, 1.165) is 20.2 Å². The van der Waals surface area contributed by atoms with Gasteiger partial charge in [-0.25, -0.2) is 0 Å². The molecule has 1 fully saturated rings. The van der Waals surface area contributed by atoms with Crippen molar-refractivity contribution >= 4 is 74.8 Å². The first-order valence-corrected chi connectivity index (χ1v) is 11.8. The van der Waals surface area contributed by atoms with E-state index in [1.54, 1.807) is 36.4 Å². The predicted octanol–water partition coefficient (Wildman–Crippen LogP) is 5.42. The highest BCUT2D eigenvalue weighted by Crippen LogP contribution is 2.37. The van der Waals surface area contributed by atoms with Crippen LogP contribution < -0.4 is 14.8 Å². The summed E-state index contributed by atoms with van der Waals surface area (Å²) in [5.41, 5.74) is 1.08. The first-order chi connectivity index (χ1) is 15.2. The van der Waals surface area contributed by atoms with Crippen LogP contribution in [-0.4, -0.2) is 41.7 Å². The Morgan fingerprint density at radius 2 is 2.00 bits per heavy atom. The first kappa shape index (κ1) is 24.4. The summed E-state index contributed by atoms with van der Waals surface area (Å²) in [6.45, 7) is 3.43. The number of ether oxygens (including phenoxy) is 2. The molecular weight excluding hydrogens is 567 g/mol. The molecule has 3 rings (SSSR count). The van der Waals surface area contributed by atoms with Crippen molar-refractivity contribution < 1.29 is 23.9 Å². The predicted molar refractivity (Wildman–Crippen MR) is 134 cm³/mol. The number of imide groups is 1. The van der Waals surface area contributed by atoms with Crippen molar-refractivity contribution in [1.82, 2.24) is 4.90 Å². The van der Waals surface area contributed by atoms with Crippen molar-refractivity contribution in [3.05, 3.63) is 55.5 Å². The van der Waals surface area contributed by atoms with Gasteiger partial charge in [0.15, 0.2) is 11.5 Å². The normalized spacial score (nSPS) is 14.9. The van der Waals surface area contributed by atoms with Crippen LogP contribution in [0.25, 0.3) is 6.08 Å². The molecule has 10 heteroatoms. The van der Waals surface area contributed by atoms with Crippen LogP contribution in [0.3, 0.4) is 0 Å². The van der Waals surface area contributed by atoms with Gasteiger partial charge in [0.2, 0.25) is 5.91 Å². The lowest BCUT2D eigenvalue weighted by Gasteiger charge is -2.16. The molecule has 2 aromatic carbocycles. The molecular formula is C22H20ClIN2O5S. The number of para-hydroxylation sites is 1. The molecule has 0 saturated carbocycles. The number of nitrogens with one attached hydrogen (secondary N) is 1. The molecule has 7 nitrogen and oxygen atoms in total. The van der Waals surface area contributed by atoms with Crippen LogP contribution >= 0.6 is 46.0 Å². The van der Waals surface area contributed by atoms with E-state index >= 15 is 0 Å². The van der Waals surface area contributed by atoms with Gasteiger partial charge in [-0.15, -0.1) is 0 Å². The van der Waals surface area contributed by atoms with E-state index in [1.807, 2.05) is 19.9 Å². The maximum Gasteiger partial charge on any atom is 0.294 e. The highest BCUT2D eigenvalue weighted by molar-refractivity contribution is 14.1. The van der Waals surface area contributed by atoms with Crippen LogP contribution in [0.1, 0.15) is 19.4 Å². The summed E-state index contributed by atoms with van der Waals surface area (Å²) in [5, 5.41) is 2.46. The SMILES string of the molecule is COc1cc(/C=C2/SC(=O)N(CC(=O)Nc3ccccc3Cl)C2=O)cc(I)c1OC(C)C. The molecule has 1 heterocycles. The maximum atomic E-state index is 12.8. The van der Waals surface area contributed by atoms with Crippen LogP contribution in [0, 0.1) is 3.57 Å². The number of halogens is 2. The summed E-state index contributed by atoms with van der Waals surface area (Å²) in [4.78, 5) is 38.6. The minimum atomic E-state index is -0.536. The number of thioether (sulfide) groups is 1. The van der Waals surface area contributed by atoms with Crippen molar-refractivity contribution in [1.29, 1.82) is 0 Å². The number of hydrogen-bond donors (Lipinski definition) is 1. The van der Waals surface area contributed by atoms with E-state index in [9.17, 15) is 14.4 Å². The second-order valence-corrected chi connectivity index (χ2v) is 9.56. The van der Waals surface area contributed by atoms with Gasteiger partial charge in [-0.1, -0.05) is 23.7 Å². The molecule has 1 aliphatic heterocycles. The Bertz CT molecular complexity index is 1110. The van der Waals surface area contributed by atoms with Crippen LogP contribution in [0.4, 0.5) is 10.5 Å². The molecule has 1 aliphatic rings. The van der Waals surface area contributed by atoms with Gasteiger partial charge < -0.3 is 14.8 Å². The van der Waals surface area contributed by atoms with E-state index in [-0.39, 0.29) is 11.0 Å². The molecule has 2 aromatic rings. The van der Waals surface area contributed by atoms with E-state index in [0.29, 0.717) is 27.8 Å². The van der Waals surface area contributed by atoms with Crippen LogP contribution in [0.2, 0.25) is 5.02 Å². The van der Waals surface area contributed by atoms with Crippen LogP contribution in [-0.2, 0) is 9.59 Å². The lowest BCUT2D eigenvalue weighted by Crippen LogP contribution is -2.36. The van der Waals surface area contributed by atoms with Gasteiger partial charge in [-0.3, -0.25) is 19.3 Å². The van der Waals surface area contributed by atoms with Gasteiger partial charge in [0, 0.05) is 0 Å². The topological polar surface area (TPSA) is 84.9 Å². The lowest BCUT2D eigenvalue weighted by atomic mass is 10.2. The van der Waals surface area contributed by atoms with E-state index < -0.39 is 23.6 Å². The van der Waals surface area contributed by atoms with Gasteiger partial charge >= 0.3 is 0 Å². The number of hydrogen-bond acceptors (Lipinski definition) is 6. The average Bonchev–Trinajstić information content (AvgIpc) is 2.98. The number of methoxy groups -OCH3 is 1. The highest BCUT2D eigenvalue weighted by Gasteiger charge is 2.36. The maximum absolute atomic E-state index is 12.8. The van der Waals surface area contributed by atoms with Crippen LogP contribution in [0.15, 0.2) is 41.3 Å². The number of carbonyl (C=O) groups is 3. The Balaban J connectivity index is 1.77. The second kappa shape index (κ2) is 10.6. The van der Waals surface area contributed by atoms with Gasteiger partial charge in [-0.05, 0) is 84.1 Å². The Labute approximate surface area is 208 Å². The summed E-state index contributed by atoms with van der Waals surface area (Å²) in [6, 6.07) is 10.3. The molecule has 0 unspecified atom stereocenters. The molecule has 0 atom stereocenters. The Morgan fingerprint density at radius 3 is 2.66 bits per heavy atom. The number of amides is 3. The zero-order valence-electron chi connectivity index (χ0n) is 17.5. The smallest absolute Gasteiger partial charge is 0.294 e. The van der Waals surface area contributed by atoms with Gasteiger partial charge in [0.25, 0.3) is 11.1 Å². The molecule has 168 valence electrons. The van der Waals surface area contributed by atoms with E-state index in [1.165, 1.54) is 7.11 Å². The van der Waals surface area contributed by atoms with Crippen molar-refractivity contribution in [2.45, 2.75) is 20.0 Å². The first-order valence-electron chi connectivity index (χ1n) is 9.53. The van der Waals surface area contributed by atoms with E-state index in [4.69, 9.17) is 21.1 Å². The number of nitrogens with zero attached hydrogens (tertiary/aromatic N) is 1. The summed E-state index contributed by atoms with van der Waals surface area (Å²) < 4.78 is 12.0. The second-order valence-electron chi connectivity index (χ2n) is 7.00. The summed E-state index contributed by atoms with van der Waals surface area (Å²) in [5.74, 6) is 0.0821. The third-order valence-corrected chi connectivity index (χ3v) is 6.26.